The minimum atomic E-state index is -0.974. The molecule has 1 N–H and O–H groups in total. The monoisotopic (exact) mass is 388 g/mol. The molecule has 0 aliphatic carbocycles. The third kappa shape index (κ3) is 4.16. The van der Waals surface area contributed by atoms with Gasteiger partial charge in [-0.3, -0.25) is 4.79 Å². The maximum atomic E-state index is 11.6. The lowest BCUT2D eigenvalue weighted by atomic mass is 9.91. The van der Waals surface area contributed by atoms with Crippen LogP contribution in [-0.2, 0) is 33.2 Å². The maximum Gasteiger partial charge on any atom is 0.303 e. The van der Waals surface area contributed by atoms with Crippen LogP contribution in [0, 0.1) is 5.92 Å². The molecule has 3 rings (SSSR count). The maximum absolute atomic E-state index is 11.6. The van der Waals surface area contributed by atoms with Crippen molar-refractivity contribution < 1.29 is 38.3 Å². The van der Waals surface area contributed by atoms with E-state index in [4.69, 9.17) is 28.4 Å². The lowest BCUT2D eigenvalue weighted by Gasteiger charge is -2.46. The summed E-state index contributed by atoms with van der Waals surface area (Å²) in [5.41, 5.74) is 0. The molecule has 3 saturated heterocycles. The summed E-state index contributed by atoms with van der Waals surface area (Å²) in [6, 6.07) is 0. The molecule has 0 saturated carbocycles. The van der Waals surface area contributed by atoms with Crippen LogP contribution in [0.5, 0.6) is 0 Å². The van der Waals surface area contributed by atoms with Crippen molar-refractivity contribution in [1.29, 1.82) is 0 Å². The number of aliphatic hydroxyl groups is 1. The van der Waals surface area contributed by atoms with E-state index in [0.717, 1.165) is 0 Å². The van der Waals surface area contributed by atoms with E-state index in [1.54, 1.807) is 13.8 Å². The van der Waals surface area contributed by atoms with Crippen molar-refractivity contribution in [3.05, 3.63) is 0 Å². The van der Waals surface area contributed by atoms with Crippen LogP contribution in [0.1, 0.15) is 48.5 Å². The van der Waals surface area contributed by atoms with Crippen molar-refractivity contribution in [2.75, 3.05) is 0 Å². The molecule has 0 aromatic carbocycles. The summed E-state index contributed by atoms with van der Waals surface area (Å²) in [5, 5.41) is 10.7. The number of carbonyl (C=O) groups is 1. The summed E-state index contributed by atoms with van der Waals surface area (Å²) < 4.78 is 35.4. The Kier molecular flexibility index (Phi) is 5.88. The number of hydrogen-bond acceptors (Lipinski definition) is 8. The molecule has 10 atom stereocenters. The van der Waals surface area contributed by atoms with Crippen LogP contribution in [0.4, 0.5) is 0 Å². The van der Waals surface area contributed by atoms with Gasteiger partial charge in [0.1, 0.15) is 18.3 Å². The third-order valence-electron chi connectivity index (χ3n) is 5.67. The van der Waals surface area contributed by atoms with Gasteiger partial charge < -0.3 is 33.5 Å². The normalized spacial score (nSPS) is 49.5. The average Bonchev–Trinajstić information content (AvgIpc) is 2.89. The van der Waals surface area contributed by atoms with Gasteiger partial charge in [-0.2, -0.15) is 0 Å². The zero-order valence-electron chi connectivity index (χ0n) is 17.1. The SMILES string of the molecule is CC(=O)O[C@@H]1C(C)O[C@H](C)[C@H](O)C1O[C@@H]1OC(C)[C@H](C)[C@H]2OC(C)(C)OC12. The van der Waals surface area contributed by atoms with E-state index in [2.05, 4.69) is 6.92 Å². The molecule has 3 fully saturated rings. The Morgan fingerprint density at radius 3 is 2.19 bits per heavy atom. The molecule has 3 aliphatic heterocycles. The van der Waals surface area contributed by atoms with E-state index in [0.29, 0.717) is 0 Å². The van der Waals surface area contributed by atoms with Crippen LogP contribution in [-0.4, -0.2) is 72.0 Å². The number of fused-ring (bicyclic) bond motifs is 1. The molecule has 0 aromatic heterocycles. The number of esters is 1. The molecule has 0 aromatic rings. The summed E-state index contributed by atoms with van der Waals surface area (Å²) in [4.78, 5) is 11.6. The lowest BCUT2D eigenvalue weighted by molar-refractivity contribution is -0.318. The molecule has 8 heteroatoms. The Labute approximate surface area is 160 Å². The van der Waals surface area contributed by atoms with Crippen molar-refractivity contribution in [2.24, 2.45) is 5.92 Å². The third-order valence-corrected chi connectivity index (χ3v) is 5.67. The summed E-state index contributed by atoms with van der Waals surface area (Å²) in [7, 11) is 0. The molecular weight excluding hydrogens is 356 g/mol. The molecule has 0 amide bonds. The van der Waals surface area contributed by atoms with E-state index in [-0.39, 0.29) is 18.1 Å². The van der Waals surface area contributed by atoms with Crippen molar-refractivity contribution >= 4 is 5.97 Å². The zero-order valence-corrected chi connectivity index (χ0v) is 17.1. The largest absolute Gasteiger partial charge is 0.457 e. The molecule has 0 radical (unpaired) electrons. The predicted molar refractivity (Wildman–Crippen MR) is 93.8 cm³/mol. The first-order chi connectivity index (χ1) is 12.5. The molecule has 3 heterocycles. The number of aliphatic hydroxyl groups excluding tert-OH is 1. The molecule has 3 aliphatic rings. The Morgan fingerprint density at radius 2 is 1.56 bits per heavy atom. The molecule has 27 heavy (non-hydrogen) atoms. The van der Waals surface area contributed by atoms with E-state index in [1.807, 2.05) is 20.8 Å². The second-order valence-corrected chi connectivity index (χ2v) is 8.35. The number of rotatable bonds is 3. The van der Waals surface area contributed by atoms with Crippen LogP contribution in [0.3, 0.4) is 0 Å². The van der Waals surface area contributed by atoms with E-state index in [1.165, 1.54) is 6.92 Å². The first kappa shape index (κ1) is 21.0. The van der Waals surface area contributed by atoms with Crippen LogP contribution in [0.2, 0.25) is 0 Å². The van der Waals surface area contributed by atoms with Crippen LogP contribution < -0.4 is 0 Å². The van der Waals surface area contributed by atoms with Crippen LogP contribution >= 0.6 is 0 Å². The Bertz CT molecular complexity index is 552. The van der Waals surface area contributed by atoms with Crippen molar-refractivity contribution in [2.45, 2.75) is 109 Å². The molecule has 156 valence electrons. The van der Waals surface area contributed by atoms with E-state index < -0.39 is 54.7 Å². The first-order valence-electron chi connectivity index (χ1n) is 9.67. The van der Waals surface area contributed by atoms with Gasteiger partial charge in [0, 0.05) is 12.8 Å². The molecule has 0 bridgehead atoms. The second-order valence-electron chi connectivity index (χ2n) is 8.35. The lowest BCUT2D eigenvalue weighted by Crippen LogP contribution is -2.61. The van der Waals surface area contributed by atoms with Crippen LogP contribution in [0.15, 0.2) is 0 Å². The fraction of sp³-hybridized carbons (Fsp3) is 0.947. The van der Waals surface area contributed by atoms with Gasteiger partial charge in [0.15, 0.2) is 18.2 Å². The Balaban J connectivity index is 1.82. The summed E-state index contributed by atoms with van der Waals surface area (Å²) in [6.07, 6.45) is -4.91. The highest BCUT2D eigenvalue weighted by molar-refractivity contribution is 5.66. The van der Waals surface area contributed by atoms with Crippen molar-refractivity contribution in [3.63, 3.8) is 0 Å². The predicted octanol–water partition coefficient (Wildman–Crippen LogP) is 1.37. The Hall–Kier alpha value is -0.770. The summed E-state index contributed by atoms with van der Waals surface area (Å²) >= 11 is 0. The van der Waals surface area contributed by atoms with Gasteiger partial charge in [0.25, 0.3) is 0 Å². The molecular formula is C19H32O8. The second kappa shape index (κ2) is 7.57. The van der Waals surface area contributed by atoms with Crippen molar-refractivity contribution in [3.8, 4) is 0 Å². The smallest absolute Gasteiger partial charge is 0.303 e. The Morgan fingerprint density at radius 1 is 0.926 bits per heavy atom. The highest BCUT2D eigenvalue weighted by Crippen LogP contribution is 2.41. The van der Waals surface area contributed by atoms with Crippen molar-refractivity contribution in [1.82, 2.24) is 0 Å². The fourth-order valence-corrected chi connectivity index (χ4v) is 4.12. The van der Waals surface area contributed by atoms with E-state index >= 15 is 0 Å². The van der Waals surface area contributed by atoms with Gasteiger partial charge in [-0.15, -0.1) is 0 Å². The summed E-state index contributed by atoms with van der Waals surface area (Å²) in [6.45, 7) is 12.6. The standard InChI is InChI=1S/C19H32O8/c1-8-9(2)23-18(17-14(8)26-19(6,7)27-17)25-16-13(21)10(3)22-11(4)15(16)24-12(5)20/h8-11,13-18,21H,1-7H3/t8-,9?,10+,11?,13-,14+,15+,16?,17?,18-/m0/s1. The van der Waals surface area contributed by atoms with E-state index in [9.17, 15) is 9.90 Å². The van der Waals surface area contributed by atoms with Gasteiger partial charge in [-0.25, -0.2) is 0 Å². The fourth-order valence-electron chi connectivity index (χ4n) is 4.12. The molecule has 8 nitrogen and oxygen atoms in total. The number of ether oxygens (including phenoxy) is 6. The number of hydrogen-bond donors (Lipinski definition) is 1. The van der Waals surface area contributed by atoms with Gasteiger partial charge in [0.2, 0.25) is 0 Å². The highest BCUT2D eigenvalue weighted by Gasteiger charge is 2.55. The van der Waals surface area contributed by atoms with Crippen LogP contribution in [0.25, 0.3) is 0 Å². The minimum Gasteiger partial charge on any atom is -0.457 e. The highest BCUT2D eigenvalue weighted by atomic mass is 16.8. The van der Waals surface area contributed by atoms with Gasteiger partial charge >= 0.3 is 5.97 Å². The summed E-state index contributed by atoms with van der Waals surface area (Å²) in [5.74, 6) is -1.09. The molecule has 4 unspecified atom stereocenters. The topological polar surface area (TPSA) is 92.7 Å². The average molecular weight is 388 g/mol. The first-order valence-corrected chi connectivity index (χ1v) is 9.67. The molecule has 0 spiro atoms. The van der Waals surface area contributed by atoms with Gasteiger partial charge in [-0.05, 0) is 34.6 Å². The quantitative estimate of drug-likeness (QED) is 0.725. The number of carbonyl (C=O) groups excluding carboxylic acids is 1. The minimum absolute atomic E-state index is 0.118. The van der Waals surface area contributed by atoms with Gasteiger partial charge in [0.05, 0.1) is 24.4 Å². The zero-order chi connectivity index (χ0) is 20.1. The van der Waals surface area contributed by atoms with Gasteiger partial charge in [-0.1, -0.05) is 6.92 Å².